The summed E-state index contributed by atoms with van der Waals surface area (Å²) in [5.41, 5.74) is 1.02. The van der Waals surface area contributed by atoms with Crippen molar-refractivity contribution in [3.05, 3.63) is 47.3 Å². The Bertz CT molecular complexity index is 722. The van der Waals surface area contributed by atoms with E-state index >= 15 is 0 Å². The molecule has 0 N–H and O–H groups in total. The van der Waals surface area contributed by atoms with Gasteiger partial charge in [-0.3, -0.25) is 9.69 Å². The van der Waals surface area contributed by atoms with Crippen LogP contribution >= 0.6 is 11.3 Å². The van der Waals surface area contributed by atoms with Crippen LogP contribution in [0.2, 0.25) is 0 Å². The van der Waals surface area contributed by atoms with Gasteiger partial charge in [0.25, 0.3) is 0 Å². The molecule has 3 saturated heterocycles. The number of aryl methyl sites for hydroxylation is 1. The van der Waals surface area contributed by atoms with Gasteiger partial charge in [0.15, 0.2) is 0 Å². The van der Waals surface area contributed by atoms with E-state index in [1.807, 2.05) is 30.3 Å². The van der Waals surface area contributed by atoms with Gasteiger partial charge in [-0.15, -0.1) is 11.3 Å². The molecule has 3 aliphatic heterocycles. The molecule has 0 radical (unpaired) electrons. The van der Waals surface area contributed by atoms with E-state index in [0.717, 1.165) is 43.2 Å². The van der Waals surface area contributed by atoms with Crippen molar-refractivity contribution in [3.63, 3.8) is 0 Å². The lowest BCUT2D eigenvalue weighted by atomic mass is 9.86. The van der Waals surface area contributed by atoms with Crippen LogP contribution in [0.1, 0.15) is 17.7 Å². The van der Waals surface area contributed by atoms with Gasteiger partial charge in [-0.2, -0.15) is 0 Å². The van der Waals surface area contributed by atoms with E-state index in [2.05, 4.69) is 28.9 Å². The number of benzene rings is 1. The molecule has 3 fully saturated rings. The Morgan fingerprint density at radius 2 is 1.96 bits per heavy atom. The first-order valence-electron chi connectivity index (χ1n) is 9.00. The van der Waals surface area contributed by atoms with E-state index in [9.17, 15) is 4.79 Å². The fourth-order valence-corrected chi connectivity index (χ4v) is 4.73. The average Bonchev–Trinajstić information content (AvgIpc) is 3.07. The number of ether oxygens (including phenoxy) is 1. The van der Waals surface area contributed by atoms with Crippen LogP contribution in [0.3, 0.4) is 0 Å². The summed E-state index contributed by atoms with van der Waals surface area (Å²) < 4.78 is 5.89. The number of hydrogen-bond donors (Lipinski definition) is 0. The number of fused-ring (bicyclic) bond motifs is 3. The van der Waals surface area contributed by atoms with Crippen LogP contribution in [0.4, 0.5) is 10.7 Å². The van der Waals surface area contributed by atoms with Crippen molar-refractivity contribution in [3.8, 4) is 0 Å². The minimum absolute atomic E-state index is 0.0673. The number of nitrogens with zero attached hydrogens (tertiary/aromatic N) is 2. The minimum Gasteiger partial charge on any atom is -0.459 e. The Hall–Kier alpha value is -1.85. The Balaban J connectivity index is 1.47. The standard InChI is InChI=1S/C20H24N2O2S/c1-15-7-8-19(25-15)22(17-5-3-2-4-6-17)14-20(23)24-18-13-21-11-9-16(18)10-12-21/h2-8,16,18H,9-14H2,1H3/t18-/m0/s1. The monoisotopic (exact) mass is 356 g/mol. The summed E-state index contributed by atoms with van der Waals surface area (Å²) in [6.07, 6.45) is 2.38. The maximum Gasteiger partial charge on any atom is 0.326 e. The van der Waals surface area contributed by atoms with Crippen molar-refractivity contribution >= 4 is 28.0 Å². The predicted molar refractivity (Wildman–Crippen MR) is 102 cm³/mol. The van der Waals surface area contributed by atoms with Gasteiger partial charge in [-0.05, 0) is 63.0 Å². The van der Waals surface area contributed by atoms with Gasteiger partial charge >= 0.3 is 5.97 Å². The zero-order chi connectivity index (χ0) is 17.2. The first-order chi connectivity index (χ1) is 12.2. The Kier molecular flexibility index (Phi) is 4.77. The summed E-state index contributed by atoms with van der Waals surface area (Å²) in [7, 11) is 0. The van der Waals surface area contributed by atoms with Crippen LogP contribution < -0.4 is 4.90 Å². The third-order valence-electron chi connectivity index (χ3n) is 5.23. The molecule has 3 aliphatic rings. The molecule has 5 rings (SSSR count). The highest BCUT2D eigenvalue weighted by molar-refractivity contribution is 7.16. The molecular formula is C20H24N2O2S. The smallest absolute Gasteiger partial charge is 0.326 e. The molecule has 0 spiro atoms. The van der Waals surface area contributed by atoms with Gasteiger partial charge in [-0.1, -0.05) is 18.2 Å². The van der Waals surface area contributed by atoms with Crippen molar-refractivity contribution in [2.24, 2.45) is 5.92 Å². The maximum atomic E-state index is 12.7. The Morgan fingerprint density at radius 1 is 1.20 bits per heavy atom. The first kappa shape index (κ1) is 16.6. The molecule has 0 saturated carbocycles. The fourth-order valence-electron chi connectivity index (χ4n) is 3.85. The van der Waals surface area contributed by atoms with Gasteiger partial charge in [0.2, 0.25) is 0 Å². The summed E-state index contributed by atoms with van der Waals surface area (Å²) in [5.74, 6) is 0.414. The highest BCUT2D eigenvalue weighted by Crippen LogP contribution is 2.33. The Labute approximate surface area is 153 Å². The third-order valence-corrected chi connectivity index (χ3v) is 6.25. The SMILES string of the molecule is Cc1ccc(N(CC(=O)O[C@H]2CN3CCC2CC3)c2ccccc2)s1. The number of anilines is 2. The van der Waals surface area contributed by atoms with Crippen LogP contribution in [0, 0.1) is 12.8 Å². The molecule has 1 aromatic heterocycles. The number of hydrogen-bond acceptors (Lipinski definition) is 5. The van der Waals surface area contributed by atoms with Crippen LogP contribution in [-0.4, -0.2) is 43.2 Å². The molecular weight excluding hydrogens is 332 g/mol. The van der Waals surface area contributed by atoms with E-state index in [1.165, 1.54) is 4.88 Å². The molecule has 1 atom stereocenters. The summed E-state index contributed by atoms with van der Waals surface area (Å²) in [6.45, 7) is 5.56. The second kappa shape index (κ2) is 7.18. The van der Waals surface area contributed by atoms with Crippen molar-refractivity contribution < 1.29 is 9.53 Å². The summed E-state index contributed by atoms with van der Waals surface area (Å²) in [6, 6.07) is 14.2. The maximum absolute atomic E-state index is 12.7. The highest BCUT2D eigenvalue weighted by atomic mass is 32.1. The molecule has 2 aromatic rings. The van der Waals surface area contributed by atoms with Crippen LogP contribution in [0.5, 0.6) is 0 Å². The molecule has 1 aromatic carbocycles. The molecule has 5 heteroatoms. The number of thiophene rings is 1. The molecule has 4 nitrogen and oxygen atoms in total. The normalized spacial score (nSPS) is 24.9. The van der Waals surface area contributed by atoms with Crippen LogP contribution in [-0.2, 0) is 9.53 Å². The van der Waals surface area contributed by atoms with E-state index in [1.54, 1.807) is 11.3 Å². The van der Waals surface area contributed by atoms with Crippen molar-refractivity contribution in [2.75, 3.05) is 31.1 Å². The largest absolute Gasteiger partial charge is 0.459 e. The first-order valence-corrected chi connectivity index (χ1v) is 9.81. The molecule has 2 bridgehead atoms. The average molecular weight is 356 g/mol. The summed E-state index contributed by atoms with van der Waals surface area (Å²) in [4.78, 5) is 18.4. The summed E-state index contributed by atoms with van der Waals surface area (Å²) >= 11 is 1.70. The van der Waals surface area contributed by atoms with Crippen molar-refractivity contribution in [2.45, 2.75) is 25.9 Å². The van der Waals surface area contributed by atoms with Gasteiger partial charge in [0, 0.05) is 17.1 Å². The second-order valence-corrected chi connectivity index (χ2v) is 8.24. The van der Waals surface area contributed by atoms with E-state index in [0.29, 0.717) is 5.92 Å². The Morgan fingerprint density at radius 3 is 2.56 bits per heavy atom. The van der Waals surface area contributed by atoms with Gasteiger partial charge in [0.05, 0.1) is 5.00 Å². The van der Waals surface area contributed by atoms with Gasteiger partial charge in [-0.25, -0.2) is 0 Å². The van der Waals surface area contributed by atoms with Gasteiger partial charge in [0.1, 0.15) is 12.6 Å². The molecule has 0 aliphatic carbocycles. The molecule has 25 heavy (non-hydrogen) atoms. The number of piperidine rings is 3. The van der Waals surface area contributed by atoms with E-state index in [4.69, 9.17) is 4.74 Å². The minimum atomic E-state index is -0.131. The quantitative estimate of drug-likeness (QED) is 0.762. The molecule has 132 valence electrons. The zero-order valence-electron chi connectivity index (χ0n) is 14.6. The number of rotatable bonds is 5. The van der Waals surface area contributed by atoms with Crippen molar-refractivity contribution in [1.82, 2.24) is 4.90 Å². The molecule has 4 heterocycles. The second-order valence-electron chi connectivity index (χ2n) is 6.97. The number of carbonyl (C=O) groups is 1. The van der Waals surface area contributed by atoms with E-state index < -0.39 is 0 Å². The summed E-state index contributed by atoms with van der Waals surface area (Å²) in [5, 5.41) is 1.08. The zero-order valence-corrected chi connectivity index (χ0v) is 15.4. The lowest BCUT2D eigenvalue weighted by Crippen LogP contribution is -2.52. The fraction of sp³-hybridized carbons (Fsp3) is 0.450. The highest BCUT2D eigenvalue weighted by Gasteiger charge is 2.36. The number of esters is 1. The lowest BCUT2D eigenvalue weighted by Gasteiger charge is -2.44. The topological polar surface area (TPSA) is 32.8 Å². The lowest BCUT2D eigenvalue weighted by molar-refractivity contribution is -0.156. The van der Waals surface area contributed by atoms with Crippen molar-refractivity contribution in [1.29, 1.82) is 0 Å². The van der Waals surface area contributed by atoms with Crippen LogP contribution in [0.25, 0.3) is 0 Å². The third kappa shape index (κ3) is 3.72. The number of para-hydroxylation sites is 1. The number of carbonyl (C=O) groups excluding carboxylic acids is 1. The molecule has 0 unspecified atom stereocenters. The molecule has 0 amide bonds. The van der Waals surface area contributed by atoms with Gasteiger partial charge < -0.3 is 9.64 Å². The predicted octanol–water partition coefficient (Wildman–Crippen LogP) is 3.83. The van der Waals surface area contributed by atoms with Crippen LogP contribution in [0.15, 0.2) is 42.5 Å². The van der Waals surface area contributed by atoms with E-state index in [-0.39, 0.29) is 18.6 Å².